The van der Waals surface area contributed by atoms with Crippen LogP contribution in [0, 0.1) is 0 Å². The van der Waals surface area contributed by atoms with Crippen molar-refractivity contribution in [3.63, 3.8) is 0 Å². The van der Waals surface area contributed by atoms with Gasteiger partial charge in [0, 0.05) is 22.8 Å². The van der Waals surface area contributed by atoms with Crippen molar-refractivity contribution in [2.75, 3.05) is 6.26 Å². The molecular weight excluding hydrogens is 398 g/mol. The quantitative estimate of drug-likeness (QED) is 0.339. The third-order valence-electron chi connectivity index (χ3n) is 5.13. The number of aromatic nitrogens is 3. The topological polar surface area (TPSA) is 88.0 Å². The van der Waals surface area contributed by atoms with Crippen LogP contribution in [0.4, 0.5) is 0 Å². The van der Waals surface area contributed by atoms with Crippen LogP contribution in [0.25, 0.3) is 16.5 Å². The third-order valence-corrected chi connectivity index (χ3v) is 5.84. The van der Waals surface area contributed by atoms with Crippen LogP contribution in [0.1, 0.15) is 60.5 Å². The van der Waals surface area contributed by atoms with Crippen LogP contribution in [-0.2, 0) is 15.9 Å². The van der Waals surface area contributed by atoms with E-state index >= 15 is 0 Å². The van der Waals surface area contributed by atoms with Crippen molar-refractivity contribution in [3.8, 4) is 0 Å². The maximum absolute atomic E-state index is 12.5. The molecule has 2 atom stereocenters. The molecule has 0 fully saturated rings. The number of hydrogen-bond donors (Lipinski definition) is 0. The lowest BCUT2D eigenvalue weighted by atomic mass is 9.95. The van der Waals surface area contributed by atoms with E-state index in [1.165, 1.54) is 0 Å². The van der Waals surface area contributed by atoms with Crippen molar-refractivity contribution < 1.29 is 14.1 Å². The van der Waals surface area contributed by atoms with Crippen LogP contribution in [0.5, 0.6) is 0 Å². The summed E-state index contributed by atoms with van der Waals surface area (Å²) in [6.07, 6.45) is 9.06. The van der Waals surface area contributed by atoms with Crippen molar-refractivity contribution >= 4 is 33.6 Å². The van der Waals surface area contributed by atoms with Crippen LogP contribution in [0.3, 0.4) is 0 Å². The van der Waals surface area contributed by atoms with Crippen LogP contribution < -0.4 is 0 Å². The lowest BCUT2D eigenvalue weighted by Gasteiger charge is -2.18. The minimum atomic E-state index is -1.28. The first kappa shape index (κ1) is 20.5. The number of ether oxygens (including phenoxy) is 1. The molecule has 7 heteroatoms. The molecule has 6 nitrogen and oxygen atoms in total. The SMILES string of the molecule is C[C@@H](OC(=O)c1ccccc1)c1cc2cnc([S+](C)[O-])nc2c(C2=CCCCC2)n1. The Hall–Kier alpha value is -2.77. The largest absolute Gasteiger partial charge is 0.609 e. The van der Waals surface area contributed by atoms with E-state index in [1.807, 2.05) is 19.1 Å². The van der Waals surface area contributed by atoms with Gasteiger partial charge in [-0.2, -0.15) is 9.97 Å². The number of fused-ring (bicyclic) bond motifs is 1. The smallest absolute Gasteiger partial charge is 0.343 e. The lowest BCUT2D eigenvalue weighted by molar-refractivity contribution is 0.0329. The summed E-state index contributed by atoms with van der Waals surface area (Å²) in [6.45, 7) is 1.81. The molecule has 0 saturated carbocycles. The fourth-order valence-corrected chi connectivity index (χ4v) is 3.95. The summed E-state index contributed by atoms with van der Waals surface area (Å²) >= 11 is -1.28. The molecule has 0 saturated heterocycles. The Balaban J connectivity index is 1.74. The summed E-state index contributed by atoms with van der Waals surface area (Å²) in [4.78, 5) is 26.1. The van der Waals surface area contributed by atoms with Gasteiger partial charge in [-0.3, -0.25) is 0 Å². The maximum atomic E-state index is 12.5. The molecule has 1 unspecified atom stereocenters. The number of pyridine rings is 1. The molecule has 0 spiro atoms. The molecule has 1 aliphatic rings. The Morgan fingerprint density at radius 1 is 1.20 bits per heavy atom. The Morgan fingerprint density at radius 2 is 2.00 bits per heavy atom. The number of hydrogen-bond acceptors (Lipinski definition) is 6. The van der Waals surface area contributed by atoms with Crippen molar-refractivity contribution in [1.29, 1.82) is 0 Å². The highest BCUT2D eigenvalue weighted by Gasteiger charge is 2.21. The summed E-state index contributed by atoms with van der Waals surface area (Å²) < 4.78 is 17.6. The maximum Gasteiger partial charge on any atom is 0.343 e. The summed E-state index contributed by atoms with van der Waals surface area (Å²) in [5, 5.41) is 1.08. The van der Waals surface area contributed by atoms with Crippen molar-refractivity contribution in [2.45, 2.75) is 43.9 Å². The molecule has 0 radical (unpaired) electrons. The molecule has 30 heavy (non-hydrogen) atoms. The van der Waals surface area contributed by atoms with E-state index in [-0.39, 0.29) is 0 Å². The third kappa shape index (κ3) is 4.37. The molecule has 2 heterocycles. The van der Waals surface area contributed by atoms with Gasteiger partial charge in [-0.05, 0) is 56.4 Å². The minimum Gasteiger partial charge on any atom is -0.609 e. The average Bonchev–Trinajstić information content (AvgIpc) is 2.79. The minimum absolute atomic E-state index is 0.290. The van der Waals surface area contributed by atoms with Gasteiger partial charge in [0.05, 0.1) is 17.0 Å². The normalized spacial score (nSPS) is 16.0. The van der Waals surface area contributed by atoms with Crippen LogP contribution in [0.15, 0.2) is 53.8 Å². The average molecular weight is 422 g/mol. The molecule has 0 aliphatic heterocycles. The van der Waals surface area contributed by atoms with E-state index in [9.17, 15) is 9.35 Å². The highest BCUT2D eigenvalue weighted by Crippen LogP contribution is 2.32. The van der Waals surface area contributed by atoms with Gasteiger partial charge >= 0.3 is 11.1 Å². The molecule has 2 aromatic heterocycles. The van der Waals surface area contributed by atoms with Gasteiger partial charge in [0.2, 0.25) is 0 Å². The van der Waals surface area contributed by atoms with Gasteiger partial charge in [0.25, 0.3) is 0 Å². The van der Waals surface area contributed by atoms with Gasteiger partial charge in [0.1, 0.15) is 17.9 Å². The van der Waals surface area contributed by atoms with E-state index < -0.39 is 23.2 Å². The number of esters is 1. The Labute approximate surface area is 178 Å². The second-order valence-corrected chi connectivity index (χ2v) is 8.60. The summed E-state index contributed by atoms with van der Waals surface area (Å²) in [5.74, 6) is -0.392. The first-order chi connectivity index (χ1) is 14.5. The van der Waals surface area contributed by atoms with Gasteiger partial charge in [-0.25, -0.2) is 9.78 Å². The fourth-order valence-electron chi connectivity index (χ4n) is 3.53. The van der Waals surface area contributed by atoms with Crippen molar-refractivity contribution in [1.82, 2.24) is 15.0 Å². The number of allylic oxidation sites excluding steroid dienone is 2. The fraction of sp³-hybridized carbons (Fsp3) is 0.304. The van der Waals surface area contributed by atoms with E-state index in [4.69, 9.17) is 9.72 Å². The zero-order valence-corrected chi connectivity index (χ0v) is 17.8. The van der Waals surface area contributed by atoms with Crippen molar-refractivity contribution in [3.05, 3.63) is 65.6 Å². The monoisotopic (exact) mass is 421 g/mol. The first-order valence-electron chi connectivity index (χ1n) is 9.99. The molecular formula is C23H23N3O3S. The lowest BCUT2D eigenvalue weighted by Crippen LogP contribution is -2.12. The van der Waals surface area contributed by atoms with Gasteiger partial charge < -0.3 is 9.29 Å². The van der Waals surface area contributed by atoms with E-state index in [1.54, 1.807) is 36.7 Å². The molecule has 3 aromatic rings. The number of carbonyl (C=O) groups is 1. The van der Waals surface area contributed by atoms with Crippen molar-refractivity contribution in [2.24, 2.45) is 0 Å². The molecule has 4 rings (SSSR count). The molecule has 0 amide bonds. The summed E-state index contributed by atoms with van der Waals surface area (Å²) in [7, 11) is 0. The van der Waals surface area contributed by atoms with Gasteiger partial charge in [-0.1, -0.05) is 24.3 Å². The van der Waals surface area contributed by atoms with Crippen LogP contribution in [0.2, 0.25) is 0 Å². The standard InChI is InChI=1S/C23H23N3O3S/c1-15(29-22(27)17-11-7-4-8-12-17)19-13-18-14-24-23(30(2)28)26-21(18)20(25-19)16-9-5-3-6-10-16/h4,7-9,11-15H,3,5-6,10H2,1-2H3/t15-,30?/m1/s1. The highest BCUT2D eigenvalue weighted by atomic mass is 32.2. The summed E-state index contributed by atoms with van der Waals surface area (Å²) in [6, 6.07) is 10.7. The Kier molecular flexibility index (Phi) is 6.11. The number of nitrogens with zero attached hydrogens (tertiary/aromatic N) is 3. The highest BCUT2D eigenvalue weighted by molar-refractivity contribution is 7.90. The first-order valence-corrected chi connectivity index (χ1v) is 11.6. The van der Waals surface area contributed by atoms with E-state index in [0.717, 1.165) is 42.3 Å². The predicted molar refractivity (Wildman–Crippen MR) is 116 cm³/mol. The Bertz CT molecular complexity index is 1100. The van der Waals surface area contributed by atoms with E-state index in [2.05, 4.69) is 16.0 Å². The van der Waals surface area contributed by atoms with Crippen LogP contribution >= 0.6 is 0 Å². The molecule has 1 aromatic carbocycles. The zero-order chi connectivity index (χ0) is 21.1. The van der Waals surface area contributed by atoms with E-state index in [0.29, 0.717) is 21.9 Å². The van der Waals surface area contributed by atoms with Gasteiger partial charge in [-0.15, -0.1) is 0 Å². The molecule has 0 bridgehead atoms. The number of rotatable bonds is 5. The zero-order valence-electron chi connectivity index (χ0n) is 17.0. The summed E-state index contributed by atoms with van der Waals surface area (Å²) in [5.41, 5.74) is 3.72. The number of benzene rings is 1. The second kappa shape index (κ2) is 8.93. The predicted octanol–water partition coefficient (Wildman–Crippen LogP) is 4.64. The molecule has 0 N–H and O–H groups in total. The van der Waals surface area contributed by atoms with Crippen LogP contribution in [-0.4, -0.2) is 31.7 Å². The second-order valence-electron chi connectivity index (χ2n) is 7.33. The Morgan fingerprint density at radius 3 is 2.70 bits per heavy atom. The van der Waals surface area contributed by atoms with Gasteiger partial charge in [0.15, 0.2) is 0 Å². The number of carbonyl (C=O) groups excluding carboxylic acids is 1. The molecule has 1 aliphatic carbocycles. The molecule has 154 valence electrons.